The molecule has 1 fully saturated rings. The number of rotatable bonds is 6. The second-order valence-corrected chi connectivity index (χ2v) is 5.88. The van der Waals surface area contributed by atoms with E-state index >= 15 is 0 Å². The number of nitrogens with one attached hydrogen (secondary N) is 1. The Labute approximate surface area is 117 Å². The SMILES string of the molecule is CCC1(C)CC(NCCCc2ccccc2)CCO1. The fraction of sp³-hybridized carbons (Fsp3) is 0.647. The Balaban J connectivity index is 1.66. The van der Waals surface area contributed by atoms with Gasteiger partial charge >= 0.3 is 0 Å². The van der Waals surface area contributed by atoms with Crippen molar-refractivity contribution < 1.29 is 4.74 Å². The average molecular weight is 261 g/mol. The number of hydrogen-bond donors (Lipinski definition) is 1. The molecule has 106 valence electrons. The maximum absolute atomic E-state index is 5.88. The van der Waals surface area contributed by atoms with Gasteiger partial charge in [0.1, 0.15) is 0 Å². The van der Waals surface area contributed by atoms with Gasteiger partial charge in [0.2, 0.25) is 0 Å². The third-order valence-corrected chi connectivity index (χ3v) is 4.26. The van der Waals surface area contributed by atoms with Crippen molar-refractivity contribution in [3.05, 3.63) is 35.9 Å². The van der Waals surface area contributed by atoms with Gasteiger partial charge in [0.05, 0.1) is 5.60 Å². The van der Waals surface area contributed by atoms with Crippen molar-refractivity contribution in [2.45, 2.75) is 57.6 Å². The minimum Gasteiger partial charge on any atom is -0.375 e. The molecule has 1 aliphatic rings. The second kappa shape index (κ2) is 7.06. The van der Waals surface area contributed by atoms with Crippen LogP contribution in [-0.2, 0) is 11.2 Å². The van der Waals surface area contributed by atoms with Crippen molar-refractivity contribution in [1.82, 2.24) is 5.32 Å². The molecule has 2 nitrogen and oxygen atoms in total. The maximum Gasteiger partial charge on any atom is 0.0666 e. The van der Waals surface area contributed by atoms with E-state index in [4.69, 9.17) is 4.74 Å². The molecular weight excluding hydrogens is 234 g/mol. The standard InChI is InChI=1S/C17H27NO/c1-3-17(2)14-16(11-13-19-17)18-12-7-10-15-8-5-4-6-9-15/h4-6,8-9,16,18H,3,7,10-14H2,1-2H3. The van der Waals surface area contributed by atoms with Crippen molar-refractivity contribution in [1.29, 1.82) is 0 Å². The molecule has 0 spiro atoms. The quantitative estimate of drug-likeness (QED) is 0.791. The van der Waals surface area contributed by atoms with Crippen molar-refractivity contribution >= 4 is 0 Å². The highest BCUT2D eigenvalue weighted by molar-refractivity contribution is 5.14. The third kappa shape index (κ3) is 4.63. The predicted molar refractivity (Wildman–Crippen MR) is 80.4 cm³/mol. The zero-order valence-electron chi connectivity index (χ0n) is 12.3. The van der Waals surface area contributed by atoms with Crippen LogP contribution in [0.5, 0.6) is 0 Å². The molecule has 0 amide bonds. The normalized spacial score (nSPS) is 27.4. The fourth-order valence-corrected chi connectivity index (χ4v) is 2.79. The average Bonchev–Trinajstić information content (AvgIpc) is 2.45. The van der Waals surface area contributed by atoms with E-state index in [0.29, 0.717) is 6.04 Å². The van der Waals surface area contributed by atoms with Crippen LogP contribution in [0, 0.1) is 0 Å². The smallest absolute Gasteiger partial charge is 0.0666 e. The van der Waals surface area contributed by atoms with Gasteiger partial charge in [-0.1, -0.05) is 37.3 Å². The van der Waals surface area contributed by atoms with E-state index in [1.165, 1.54) is 18.4 Å². The molecule has 0 bridgehead atoms. The van der Waals surface area contributed by atoms with Gasteiger partial charge in [-0.3, -0.25) is 0 Å². The first-order valence-corrected chi connectivity index (χ1v) is 7.63. The van der Waals surface area contributed by atoms with E-state index in [1.807, 2.05) is 0 Å². The van der Waals surface area contributed by atoms with E-state index in [2.05, 4.69) is 49.5 Å². The van der Waals surface area contributed by atoms with Crippen molar-refractivity contribution in [2.75, 3.05) is 13.2 Å². The van der Waals surface area contributed by atoms with E-state index in [0.717, 1.165) is 32.4 Å². The zero-order valence-corrected chi connectivity index (χ0v) is 12.3. The van der Waals surface area contributed by atoms with E-state index in [1.54, 1.807) is 0 Å². The van der Waals surface area contributed by atoms with Crippen LogP contribution in [0.2, 0.25) is 0 Å². The summed E-state index contributed by atoms with van der Waals surface area (Å²) in [6, 6.07) is 11.4. The van der Waals surface area contributed by atoms with Gasteiger partial charge in [-0.25, -0.2) is 0 Å². The maximum atomic E-state index is 5.88. The molecule has 0 saturated carbocycles. The van der Waals surface area contributed by atoms with Crippen LogP contribution in [0.3, 0.4) is 0 Å². The lowest BCUT2D eigenvalue weighted by molar-refractivity contribution is -0.0778. The van der Waals surface area contributed by atoms with Crippen LogP contribution in [0.4, 0.5) is 0 Å². The summed E-state index contributed by atoms with van der Waals surface area (Å²) in [4.78, 5) is 0. The van der Waals surface area contributed by atoms with Crippen LogP contribution in [0.15, 0.2) is 30.3 Å². The molecule has 1 heterocycles. The monoisotopic (exact) mass is 261 g/mol. The summed E-state index contributed by atoms with van der Waals surface area (Å²) < 4.78 is 5.88. The number of hydrogen-bond acceptors (Lipinski definition) is 2. The summed E-state index contributed by atoms with van der Waals surface area (Å²) in [5, 5.41) is 3.70. The van der Waals surface area contributed by atoms with Gasteiger partial charge in [-0.2, -0.15) is 0 Å². The number of ether oxygens (including phenoxy) is 1. The molecule has 1 aromatic rings. The molecule has 2 atom stereocenters. The number of aryl methyl sites for hydroxylation is 1. The molecule has 2 heteroatoms. The minimum atomic E-state index is 0.0926. The Kier molecular flexibility index (Phi) is 5.41. The molecule has 19 heavy (non-hydrogen) atoms. The summed E-state index contributed by atoms with van der Waals surface area (Å²) in [6.45, 7) is 6.47. The molecule has 0 radical (unpaired) electrons. The molecule has 1 saturated heterocycles. The Morgan fingerprint density at radius 1 is 1.32 bits per heavy atom. The highest BCUT2D eigenvalue weighted by atomic mass is 16.5. The molecule has 2 unspecified atom stereocenters. The van der Waals surface area contributed by atoms with Crippen LogP contribution in [0.25, 0.3) is 0 Å². The minimum absolute atomic E-state index is 0.0926. The van der Waals surface area contributed by atoms with Crippen molar-refractivity contribution in [3.63, 3.8) is 0 Å². The summed E-state index contributed by atoms with van der Waals surface area (Å²) in [6.07, 6.45) is 5.79. The molecule has 1 N–H and O–H groups in total. The summed E-state index contributed by atoms with van der Waals surface area (Å²) in [5.74, 6) is 0. The topological polar surface area (TPSA) is 21.3 Å². The first-order chi connectivity index (χ1) is 9.22. The Bertz CT molecular complexity index is 365. The lowest BCUT2D eigenvalue weighted by Gasteiger charge is -2.38. The largest absolute Gasteiger partial charge is 0.375 e. The Morgan fingerprint density at radius 2 is 2.11 bits per heavy atom. The first kappa shape index (κ1) is 14.5. The van der Waals surface area contributed by atoms with E-state index in [-0.39, 0.29) is 5.60 Å². The van der Waals surface area contributed by atoms with Crippen molar-refractivity contribution in [3.8, 4) is 0 Å². The molecule has 1 aromatic carbocycles. The molecule has 0 aliphatic carbocycles. The lowest BCUT2D eigenvalue weighted by atomic mass is 9.90. The fourth-order valence-electron chi connectivity index (χ4n) is 2.79. The third-order valence-electron chi connectivity index (χ3n) is 4.26. The molecule has 2 rings (SSSR count). The van der Waals surface area contributed by atoms with Crippen LogP contribution >= 0.6 is 0 Å². The lowest BCUT2D eigenvalue weighted by Crippen LogP contribution is -2.45. The molecular formula is C17H27NO. The zero-order chi connectivity index (χ0) is 13.6. The molecule has 0 aromatic heterocycles. The van der Waals surface area contributed by atoms with E-state index in [9.17, 15) is 0 Å². The van der Waals surface area contributed by atoms with Crippen molar-refractivity contribution in [2.24, 2.45) is 0 Å². The predicted octanol–water partition coefficient (Wildman–Crippen LogP) is 3.56. The van der Waals surface area contributed by atoms with Gasteiger partial charge in [0.15, 0.2) is 0 Å². The van der Waals surface area contributed by atoms with Gasteiger partial charge in [0, 0.05) is 12.6 Å². The van der Waals surface area contributed by atoms with E-state index < -0.39 is 0 Å². The second-order valence-electron chi connectivity index (χ2n) is 5.88. The van der Waals surface area contributed by atoms with Gasteiger partial charge in [-0.15, -0.1) is 0 Å². The summed E-state index contributed by atoms with van der Waals surface area (Å²) in [7, 11) is 0. The highest BCUT2D eigenvalue weighted by Gasteiger charge is 2.31. The first-order valence-electron chi connectivity index (χ1n) is 7.63. The van der Waals surface area contributed by atoms with Gasteiger partial charge in [-0.05, 0) is 51.1 Å². The van der Waals surface area contributed by atoms with Crippen LogP contribution < -0.4 is 5.32 Å². The summed E-state index contributed by atoms with van der Waals surface area (Å²) in [5.41, 5.74) is 1.53. The highest BCUT2D eigenvalue weighted by Crippen LogP contribution is 2.27. The van der Waals surface area contributed by atoms with Crippen LogP contribution in [0.1, 0.15) is 45.1 Å². The Morgan fingerprint density at radius 3 is 2.84 bits per heavy atom. The summed E-state index contributed by atoms with van der Waals surface area (Å²) >= 11 is 0. The Hall–Kier alpha value is -0.860. The van der Waals surface area contributed by atoms with Crippen LogP contribution in [-0.4, -0.2) is 24.8 Å². The molecule has 1 aliphatic heterocycles. The van der Waals surface area contributed by atoms with Gasteiger partial charge < -0.3 is 10.1 Å². The number of benzene rings is 1. The van der Waals surface area contributed by atoms with Gasteiger partial charge in [0.25, 0.3) is 0 Å².